The van der Waals surface area contributed by atoms with Crippen molar-refractivity contribution in [1.29, 1.82) is 0 Å². The van der Waals surface area contributed by atoms with Crippen LogP contribution in [0.3, 0.4) is 0 Å². The number of pyridine rings is 1. The molecule has 2 bridgehead atoms. The van der Waals surface area contributed by atoms with Gasteiger partial charge in [-0.05, 0) is 68.4 Å². The summed E-state index contributed by atoms with van der Waals surface area (Å²) in [7, 11) is -3.39. The van der Waals surface area contributed by atoms with Crippen LogP contribution in [0.15, 0.2) is 18.5 Å². The summed E-state index contributed by atoms with van der Waals surface area (Å²) in [5.41, 5.74) is 0.508. The fraction of sp³-hybridized carbons (Fsp3) is 0.688. The Morgan fingerprint density at radius 1 is 1.32 bits per heavy atom. The van der Waals surface area contributed by atoms with Gasteiger partial charge in [0, 0.05) is 12.2 Å². The molecular weight excluding hydrogens is 303 g/mol. The van der Waals surface area contributed by atoms with E-state index in [4.69, 9.17) is 0 Å². The predicted molar refractivity (Wildman–Crippen MR) is 83.2 cm³/mol. The maximum absolute atomic E-state index is 13.2. The van der Waals surface area contributed by atoms with Crippen LogP contribution in [0.25, 0.3) is 0 Å². The van der Waals surface area contributed by atoms with Gasteiger partial charge in [-0.25, -0.2) is 17.5 Å². The van der Waals surface area contributed by atoms with Crippen molar-refractivity contribution >= 4 is 10.0 Å². The first-order chi connectivity index (χ1) is 10.4. The van der Waals surface area contributed by atoms with E-state index in [1.54, 1.807) is 6.92 Å². The van der Waals surface area contributed by atoms with Gasteiger partial charge >= 0.3 is 0 Å². The van der Waals surface area contributed by atoms with Crippen LogP contribution in [0.5, 0.6) is 0 Å². The third-order valence-electron chi connectivity index (χ3n) is 5.33. The molecule has 0 spiro atoms. The predicted octanol–water partition coefficient (Wildman–Crippen LogP) is 3.17. The Kier molecular flexibility index (Phi) is 4.25. The number of hydrogen-bond acceptors (Lipinski definition) is 3. The van der Waals surface area contributed by atoms with Gasteiger partial charge in [-0.3, -0.25) is 4.98 Å². The average Bonchev–Trinajstić information content (AvgIpc) is 2.47. The molecule has 122 valence electrons. The lowest BCUT2D eigenvalue weighted by Gasteiger charge is -2.46. The highest BCUT2D eigenvalue weighted by Gasteiger charge is 2.43. The van der Waals surface area contributed by atoms with E-state index in [-0.39, 0.29) is 11.2 Å². The highest BCUT2D eigenvalue weighted by atomic mass is 32.2. The number of halogens is 1. The Bertz CT molecular complexity index is 626. The molecule has 1 N–H and O–H groups in total. The molecule has 1 heterocycles. The number of fused-ring (bicyclic) bond motifs is 3. The van der Waals surface area contributed by atoms with Crippen molar-refractivity contribution in [3.63, 3.8) is 0 Å². The molecule has 0 aliphatic heterocycles. The molecule has 4 nitrogen and oxygen atoms in total. The molecule has 22 heavy (non-hydrogen) atoms. The Labute approximate surface area is 131 Å². The van der Waals surface area contributed by atoms with Gasteiger partial charge in [-0.15, -0.1) is 0 Å². The van der Waals surface area contributed by atoms with Crippen molar-refractivity contribution in [3.8, 4) is 0 Å². The van der Waals surface area contributed by atoms with Crippen LogP contribution in [0.4, 0.5) is 4.39 Å². The van der Waals surface area contributed by atoms with Crippen molar-refractivity contribution in [2.45, 2.75) is 51.5 Å². The molecule has 4 rings (SSSR count). The molecule has 6 heteroatoms. The van der Waals surface area contributed by atoms with E-state index in [0.717, 1.165) is 31.4 Å². The molecule has 3 saturated carbocycles. The molecule has 0 unspecified atom stereocenters. The van der Waals surface area contributed by atoms with E-state index in [0.29, 0.717) is 5.56 Å². The highest BCUT2D eigenvalue weighted by molar-refractivity contribution is 7.89. The Morgan fingerprint density at radius 3 is 2.55 bits per heavy atom. The molecule has 0 saturated heterocycles. The standard InChI is InChI=1S/C16H23FN2O2S/c1-12(14-8-15(17)10-18-9-14)19-22(20,21)11-16-5-2-13(3-6-16)4-7-16/h8-10,12-13,19H,2-7,11H2,1H3/t12-,13?,16?/m0/s1. The SMILES string of the molecule is C[C@H](NS(=O)(=O)CC12CCC(CC1)CC2)c1cncc(F)c1. The average molecular weight is 326 g/mol. The van der Waals surface area contributed by atoms with Crippen LogP contribution in [0.2, 0.25) is 0 Å². The summed E-state index contributed by atoms with van der Waals surface area (Å²) in [6.45, 7) is 1.73. The van der Waals surface area contributed by atoms with Gasteiger partial charge in [0.25, 0.3) is 0 Å². The van der Waals surface area contributed by atoms with Crippen LogP contribution in [0.1, 0.15) is 57.1 Å². The number of aromatic nitrogens is 1. The van der Waals surface area contributed by atoms with Gasteiger partial charge in [0.1, 0.15) is 5.82 Å². The van der Waals surface area contributed by atoms with Crippen LogP contribution < -0.4 is 4.72 Å². The lowest BCUT2D eigenvalue weighted by Crippen LogP contribution is -2.43. The van der Waals surface area contributed by atoms with Gasteiger partial charge in [-0.2, -0.15) is 0 Å². The summed E-state index contributed by atoms with van der Waals surface area (Å²) >= 11 is 0. The second-order valence-corrected chi connectivity index (χ2v) is 8.77. The number of rotatable bonds is 5. The zero-order valence-electron chi connectivity index (χ0n) is 12.9. The van der Waals surface area contributed by atoms with Gasteiger partial charge < -0.3 is 0 Å². The minimum atomic E-state index is -3.39. The zero-order chi connectivity index (χ0) is 15.8. The van der Waals surface area contributed by atoms with E-state index >= 15 is 0 Å². The molecule has 3 fully saturated rings. The van der Waals surface area contributed by atoms with E-state index in [9.17, 15) is 12.8 Å². The number of nitrogens with zero attached hydrogens (tertiary/aromatic N) is 1. The van der Waals surface area contributed by atoms with Crippen molar-refractivity contribution in [2.75, 3.05) is 5.75 Å². The zero-order valence-corrected chi connectivity index (χ0v) is 13.7. The Morgan fingerprint density at radius 2 is 1.95 bits per heavy atom. The van der Waals surface area contributed by atoms with E-state index in [1.165, 1.54) is 31.5 Å². The molecule has 1 aromatic rings. The Balaban J connectivity index is 1.68. The fourth-order valence-corrected chi connectivity index (χ4v) is 6.00. The fourth-order valence-electron chi connectivity index (χ4n) is 4.00. The monoisotopic (exact) mass is 326 g/mol. The van der Waals surface area contributed by atoms with Gasteiger partial charge in [0.05, 0.1) is 11.9 Å². The number of hydrogen-bond donors (Lipinski definition) is 1. The summed E-state index contributed by atoms with van der Waals surface area (Å²) in [4.78, 5) is 3.78. The van der Waals surface area contributed by atoms with Gasteiger partial charge in [-0.1, -0.05) is 0 Å². The van der Waals surface area contributed by atoms with Crippen molar-refractivity contribution in [2.24, 2.45) is 11.3 Å². The molecular formula is C16H23FN2O2S. The molecule has 0 aromatic carbocycles. The molecule has 3 aliphatic carbocycles. The summed E-state index contributed by atoms with van der Waals surface area (Å²) in [5, 5.41) is 0. The van der Waals surface area contributed by atoms with Gasteiger partial charge in [0.15, 0.2) is 0 Å². The first kappa shape index (κ1) is 15.9. The second-order valence-electron chi connectivity index (χ2n) is 7.02. The maximum atomic E-state index is 13.2. The molecule has 0 amide bonds. The lowest BCUT2D eigenvalue weighted by atomic mass is 9.62. The first-order valence-corrected chi connectivity index (χ1v) is 9.63. The number of nitrogens with one attached hydrogen (secondary N) is 1. The van der Waals surface area contributed by atoms with E-state index in [2.05, 4.69) is 9.71 Å². The second kappa shape index (κ2) is 5.89. The third-order valence-corrected chi connectivity index (χ3v) is 7.03. The lowest BCUT2D eigenvalue weighted by molar-refractivity contribution is 0.0858. The van der Waals surface area contributed by atoms with Gasteiger partial charge in [0.2, 0.25) is 10.0 Å². The third kappa shape index (κ3) is 3.49. The summed E-state index contributed by atoms with van der Waals surface area (Å²) in [6.07, 6.45) is 9.18. The first-order valence-electron chi connectivity index (χ1n) is 7.98. The number of sulfonamides is 1. The highest BCUT2D eigenvalue weighted by Crippen LogP contribution is 2.50. The largest absolute Gasteiger partial charge is 0.261 e. The normalized spacial score (nSPS) is 29.5. The van der Waals surface area contributed by atoms with Crippen molar-refractivity contribution < 1.29 is 12.8 Å². The molecule has 3 aliphatic rings. The quantitative estimate of drug-likeness (QED) is 0.904. The van der Waals surface area contributed by atoms with E-state index < -0.39 is 21.9 Å². The minimum Gasteiger partial charge on any atom is -0.261 e. The molecule has 0 radical (unpaired) electrons. The van der Waals surface area contributed by atoms with Crippen molar-refractivity contribution in [3.05, 3.63) is 29.8 Å². The maximum Gasteiger partial charge on any atom is 0.212 e. The summed E-state index contributed by atoms with van der Waals surface area (Å²) < 4.78 is 41.0. The molecule has 1 aromatic heterocycles. The summed E-state index contributed by atoms with van der Waals surface area (Å²) in [5.74, 6) is 0.558. The van der Waals surface area contributed by atoms with Crippen LogP contribution in [-0.4, -0.2) is 19.2 Å². The summed E-state index contributed by atoms with van der Waals surface area (Å²) in [6, 6.07) is 0.856. The van der Waals surface area contributed by atoms with E-state index in [1.807, 2.05) is 0 Å². The van der Waals surface area contributed by atoms with Crippen LogP contribution >= 0.6 is 0 Å². The molecule has 1 atom stereocenters. The Hall–Kier alpha value is -1.01. The van der Waals surface area contributed by atoms with Crippen LogP contribution in [-0.2, 0) is 10.0 Å². The smallest absolute Gasteiger partial charge is 0.212 e. The minimum absolute atomic E-state index is 0.0412. The van der Waals surface area contributed by atoms with Crippen molar-refractivity contribution in [1.82, 2.24) is 9.71 Å². The topological polar surface area (TPSA) is 59.1 Å². The van der Waals surface area contributed by atoms with Crippen LogP contribution in [0, 0.1) is 17.2 Å².